The Hall–Kier alpha value is -1.54. The SMILES string of the molecule is O=C(O)c1ccc(CNS(=O)(=O)C(F)F)cc1. The molecule has 0 saturated carbocycles. The first-order valence-electron chi connectivity index (χ1n) is 4.42. The van der Waals surface area contributed by atoms with Gasteiger partial charge in [0.15, 0.2) is 0 Å². The van der Waals surface area contributed by atoms with Crippen molar-refractivity contribution in [2.75, 3.05) is 0 Å². The second kappa shape index (κ2) is 5.19. The molecular formula is C9H9F2NO4S. The largest absolute Gasteiger partial charge is 0.478 e. The van der Waals surface area contributed by atoms with Crippen LogP contribution in [0.25, 0.3) is 0 Å². The maximum Gasteiger partial charge on any atom is 0.350 e. The molecule has 1 rings (SSSR count). The van der Waals surface area contributed by atoms with Crippen molar-refractivity contribution >= 4 is 16.0 Å². The van der Waals surface area contributed by atoms with Gasteiger partial charge in [-0.2, -0.15) is 8.78 Å². The molecule has 0 aromatic heterocycles. The monoisotopic (exact) mass is 265 g/mol. The molecule has 0 heterocycles. The molecule has 0 aliphatic carbocycles. The van der Waals surface area contributed by atoms with Crippen molar-refractivity contribution in [2.24, 2.45) is 0 Å². The van der Waals surface area contributed by atoms with Crippen LogP contribution in [0.15, 0.2) is 24.3 Å². The van der Waals surface area contributed by atoms with Crippen molar-refractivity contribution < 1.29 is 27.1 Å². The molecular weight excluding hydrogens is 256 g/mol. The third kappa shape index (κ3) is 3.75. The Kier molecular flexibility index (Phi) is 4.13. The summed E-state index contributed by atoms with van der Waals surface area (Å²) in [5.41, 5.74) is 0.421. The summed E-state index contributed by atoms with van der Waals surface area (Å²) < 4.78 is 47.1. The zero-order valence-electron chi connectivity index (χ0n) is 8.43. The van der Waals surface area contributed by atoms with Crippen molar-refractivity contribution in [3.8, 4) is 0 Å². The molecule has 0 saturated heterocycles. The van der Waals surface area contributed by atoms with Crippen LogP contribution in [0.4, 0.5) is 8.78 Å². The van der Waals surface area contributed by atoms with Gasteiger partial charge in [0, 0.05) is 6.54 Å². The molecule has 1 aromatic rings. The van der Waals surface area contributed by atoms with Gasteiger partial charge >= 0.3 is 11.7 Å². The van der Waals surface area contributed by atoms with Crippen molar-refractivity contribution in [2.45, 2.75) is 12.3 Å². The van der Waals surface area contributed by atoms with E-state index in [1.807, 2.05) is 0 Å². The van der Waals surface area contributed by atoms with Gasteiger partial charge in [0.1, 0.15) is 0 Å². The number of aromatic carboxylic acids is 1. The van der Waals surface area contributed by atoms with E-state index in [-0.39, 0.29) is 12.1 Å². The zero-order valence-corrected chi connectivity index (χ0v) is 9.25. The van der Waals surface area contributed by atoms with Crippen LogP contribution in [0, 0.1) is 0 Å². The summed E-state index contributed by atoms with van der Waals surface area (Å²) >= 11 is 0. The van der Waals surface area contributed by atoms with Gasteiger partial charge in [-0.25, -0.2) is 17.9 Å². The van der Waals surface area contributed by atoms with Crippen LogP contribution in [0.1, 0.15) is 15.9 Å². The van der Waals surface area contributed by atoms with Gasteiger partial charge in [0.2, 0.25) is 0 Å². The predicted molar refractivity (Wildman–Crippen MR) is 55.2 cm³/mol. The van der Waals surface area contributed by atoms with E-state index in [4.69, 9.17) is 5.11 Å². The molecule has 0 unspecified atom stereocenters. The molecule has 0 radical (unpaired) electrons. The van der Waals surface area contributed by atoms with Crippen molar-refractivity contribution in [3.63, 3.8) is 0 Å². The van der Waals surface area contributed by atoms with Crippen LogP contribution in [0.2, 0.25) is 0 Å². The van der Waals surface area contributed by atoms with Crippen LogP contribution < -0.4 is 4.72 Å². The molecule has 0 fully saturated rings. The number of carboxylic acids is 1. The van der Waals surface area contributed by atoms with Crippen LogP contribution >= 0.6 is 0 Å². The number of benzene rings is 1. The zero-order chi connectivity index (χ0) is 13.1. The number of sulfonamides is 1. The van der Waals surface area contributed by atoms with Gasteiger partial charge in [0.05, 0.1) is 5.56 Å². The summed E-state index contributed by atoms with van der Waals surface area (Å²) in [7, 11) is -4.62. The minimum Gasteiger partial charge on any atom is -0.478 e. The first kappa shape index (κ1) is 13.5. The van der Waals surface area contributed by atoms with Gasteiger partial charge in [-0.05, 0) is 17.7 Å². The summed E-state index contributed by atoms with van der Waals surface area (Å²) in [6.45, 7) is -0.313. The molecule has 5 nitrogen and oxygen atoms in total. The first-order chi connectivity index (χ1) is 7.83. The Morgan fingerprint density at radius 1 is 1.29 bits per heavy atom. The van der Waals surface area contributed by atoms with E-state index in [0.29, 0.717) is 5.56 Å². The van der Waals surface area contributed by atoms with Crippen molar-refractivity contribution in [1.82, 2.24) is 4.72 Å². The molecule has 17 heavy (non-hydrogen) atoms. The lowest BCUT2D eigenvalue weighted by atomic mass is 10.1. The molecule has 0 aliphatic rings. The Morgan fingerprint density at radius 3 is 2.24 bits per heavy atom. The summed E-state index contributed by atoms with van der Waals surface area (Å²) in [5, 5.41) is 8.60. The smallest absolute Gasteiger partial charge is 0.350 e. The number of carbonyl (C=O) groups is 1. The number of alkyl halides is 2. The minimum atomic E-state index is -4.62. The molecule has 8 heteroatoms. The highest BCUT2D eigenvalue weighted by Gasteiger charge is 2.22. The highest BCUT2D eigenvalue weighted by Crippen LogP contribution is 2.07. The Bertz CT molecular complexity index is 498. The van der Waals surface area contributed by atoms with Crippen molar-refractivity contribution in [1.29, 1.82) is 0 Å². The number of hydrogen-bond donors (Lipinski definition) is 2. The van der Waals surface area contributed by atoms with Gasteiger partial charge in [0.25, 0.3) is 10.0 Å². The molecule has 0 atom stereocenters. The summed E-state index contributed by atoms with van der Waals surface area (Å²) in [6.07, 6.45) is 0. The van der Waals surface area contributed by atoms with E-state index in [1.165, 1.54) is 24.3 Å². The lowest BCUT2D eigenvalue weighted by Crippen LogP contribution is -2.28. The number of hydrogen-bond acceptors (Lipinski definition) is 3. The van der Waals surface area contributed by atoms with Crippen LogP contribution in [0.5, 0.6) is 0 Å². The lowest BCUT2D eigenvalue weighted by molar-refractivity contribution is 0.0697. The standard InChI is InChI=1S/C9H9F2NO4S/c10-9(11)17(15,16)12-5-6-1-3-7(4-2-6)8(13)14/h1-4,9,12H,5H2,(H,13,14). The van der Waals surface area contributed by atoms with Crippen LogP contribution in [0.3, 0.4) is 0 Å². The quantitative estimate of drug-likeness (QED) is 0.832. The van der Waals surface area contributed by atoms with E-state index in [2.05, 4.69) is 0 Å². The van der Waals surface area contributed by atoms with Gasteiger partial charge in [-0.1, -0.05) is 12.1 Å². The van der Waals surface area contributed by atoms with E-state index >= 15 is 0 Å². The van der Waals surface area contributed by atoms with Crippen molar-refractivity contribution in [3.05, 3.63) is 35.4 Å². The average Bonchev–Trinajstić information content (AvgIpc) is 2.27. The van der Waals surface area contributed by atoms with Crippen LogP contribution in [-0.2, 0) is 16.6 Å². The molecule has 2 N–H and O–H groups in total. The predicted octanol–water partition coefficient (Wildman–Crippen LogP) is 1.03. The summed E-state index contributed by atoms with van der Waals surface area (Å²) in [4.78, 5) is 10.5. The van der Waals surface area contributed by atoms with E-state index in [9.17, 15) is 22.0 Å². The van der Waals surface area contributed by atoms with Gasteiger partial charge < -0.3 is 5.11 Å². The van der Waals surface area contributed by atoms with E-state index in [0.717, 1.165) is 0 Å². The number of nitrogens with one attached hydrogen (secondary N) is 1. The lowest BCUT2D eigenvalue weighted by Gasteiger charge is -2.05. The topological polar surface area (TPSA) is 83.5 Å². The third-order valence-electron chi connectivity index (χ3n) is 1.91. The first-order valence-corrected chi connectivity index (χ1v) is 5.96. The Morgan fingerprint density at radius 2 is 1.82 bits per heavy atom. The molecule has 0 amide bonds. The average molecular weight is 265 g/mol. The van der Waals surface area contributed by atoms with Gasteiger partial charge in [-0.15, -0.1) is 0 Å². The number of rotatable bonds is 5. The molecule has 1 aromatic carbocycles. The van der Waals surface area contributed by atoms with Gasteiger partial charge in [-0.3, -0.25) is 0 Å². The molecule has 0 bridgehead atoms. The summed E-state index contributed by atoms with van der Waals surface area (Å²) in [6, 6.07) is 5.21. The molecule has 94 valence electrons. The third-order valence-corrected chi connectivity index (χ3v) is 2.93. The fraction of sp³-hybridized carbons (Fsp3) is 0.222. The maximum atomic E-state index is 12.0. The summed E-state index contributed by atoms with van der Waals surface area (Å²) in [5.74, 6) is -4.61. The molecule has 0 spiro atoms. The highest BCUT2D eigenvalue weighted by atomic mass is 32.2. The second-order valence-electron chi connectivity index (χ2n) is 3.13. The number of halogens is 2. The highest BCUT2D eigenvalue weighted by molar-refractivity contribution is 7.89. The maximum absolute atomic E-state index is 12.0. The fourth-order valence-electron chi connectivity index (χ4n) is 1.01. The normalized spacial score (nSPS) is 11.7. The number of carboxylic acid groups (broad SMARTS) is 1. The van der Waals surface area contributed by atoms with E-state index < -0.39 is 21.8 Å². The minimum absolute atomic E-state index is 0.0328. The second-order valence-corrected chi connectivity index (χ2v) is 4.86. The van der Waals surface area contributed by atoms with Crippen LogP contribution in [-0.4, -0.2) is 25.3 Å². The fourth-order valence-corrected chi connectivity index (χ4v) is 1.51. The Labute approximate surface area is 96.1 Å². The molecule has 0 aliphatic heterocycles. The van der Waals surface area contributed by atoms with E-state index in [1.54, 1.807) is 4.72 Å². The Balaban J connectivity index is 2.68.